The predicted octanol–water partition coefficient (Wildman–Crippen LogP) is 5.68. The summed E-state index contributed by atoms with van der Waals surface area (Å²) in [5, 5.41) is 2.87. The lowest BCUT2D eigenvalue weighted by Crippen LogP contribution is -2.56. The first kappa shape index (κ1) is 26.2. The molecule has 194 valence electrons. The van der Waals surface area contributed by atoms with Crippen LogP contribution < -0.4 is 5.32 Å². The lowest BCUT2D eigenvalue weighted by atomic mass is 9.85. The molecule has 3 aliphatic rings. The molecule has 2 amide bonds. The van der Waals surface area contributed by atoms with Crippen molar-refractivity contribution in [3.05, 3.63) is 59.7 Å². The highest BCUT2D eigenvalue weighted by Gasteiger charge is 2.48. The molecule has 6 nitrogen and oxygen atoms in total. The Labute approximate surface area is 215 Å². The molecule has 3 heterocycles. The van der Waals surface area contributed by atoms with Crippen molar-refractivity contribution < 1.29 is 19.1 Å². The number of nitrogens with one attached hydrogen (secondary N) is 1. The van der Waals surface area contributed by atoms with Crippen LogP contribution in [0.25, 0.3) is 11.1 Å². The van der Waals surface area contributed by atoms with Gasteiger partial charge in [-0.05, 0) is 60.3 Å². The minimum atomic E-state index is -0.695. The second-order valence-electron chi connectivity index (χ2n) is 11.3. The first-order valence-corrected chi connectivity index (χ1v) is 13.1. The first-order chi connectivity index (χ1) is 17.1. The maximum atomic E-state index is 13.8. The molecule has 0 unspecified atom stereocenters. The molecule has 1 fully saturated rings. The van der Waals surface area contributed by atoms with Gasteiger partial charge in [-0.1, -0.05) is 69.3 Å². The summed E-state index contributed by atoms with van der Waals surface area (Å²) in [7, 11) is 1.72. The maximum Gasteiger partial charge on any atom is 0.407 e. The summed E-state index contributed by atoms with van der Waals surface area (Å²) in [6.45, 7) is 8.72. The molecule has 2 aromatic carbocycles. The fraction of sp³-hybridized carbons (Fsp3) is 0.533. The van der Waals surface area contributed by atoms with Crippen molar-refractivity contribution in [1.29, 1.82) is 0 Å². The number of rotatable bonds is 1. The standard InChI is InChI=1S/C30H40N2O4/c1-21-19-30(35-5)20-32(21)27(33)26(29(2,3)4)31-28(34)36-18-10-6-7-11-22-12-8-9-13-25(22)23-14-16-24(30)17-15-23/h8-9,12-17,21,26H,6-7,10-11,18-20H2,1-5H3,(H,31,34)/t21-,26-,30+/m1/s1. The number of alkyl carbamates (subject to hydrolysis) is 1. The maximum absolute atomic E-state index is 13.8. The molecule has 1 N–H and O–H groups in total. The molecule has 5 rings (SSSR count). The Balaban J connectivity index is 1.71. The fourth-order valence-corrected chi connectivity index (χ4v) is 5.56. The summed E-state index contributed by atoms with van der Waals surface area (Å²) in [5.74, 6) is -0.102. The normalized spacial score (nSPS) is 25.9. The SMILES string of the molecule is CO[C@@]12C[C@@H](C)N(C1)C(=O)[C@H](C(C)(C)C)NC(=O)OCCCCCc1ccccc1-c1ccc2cc1. The molecule has 36 heavy (non-hydrogen) atoms. The van der Waals surface area contributed by atoms with Crippen molar-refractivity contribution in [2.45, 2.75) is 77.5 Å². The van der Waals surface area contributed by atoms with Crippen molar-refractivity contribution >= 4 is 12.0 Å². The van der Waals surface area contributed by atoms with Crippen molar-refractivity contribution in [3.63, 3.8) is 0 Å². The van der Waals surface area contributed by atoms with Gasteiger partial charge in [0.15, 0.2) is 0 Å². The molecule has 4 bridgehead atoms. The number of carbonyl (C=O) groups excluding carboxylic acids is 2. The predicted molar refractivity (Wildman–Crippen MR) is 142 cm³/mol. The second-order valence-corrected chi connectivity index (χ2v) is 11.3. The number of aryl methyl sites for hydroxylation is 1. The smallest absolute Gasteiger partial charge is 0.407 e. The lowest BCUT2D eigenvalue weighted by molar-refractivity contribution is -0.137. The monoisotopic (exact) mass is 492 g/mol. The number of hydrogen-bond donors (Lipinski definition) is 1. The Morgan fingerprint density at radius 3 is 2.44 bits per heavy atom. The molecule has 0 spiro atoms. The molecule has 3 aliphatic heterocycles. The summed E-state index contributed by atoms with van der Waals surface area (Å²) in [4.78, 5) is 28.3. The van der Waals surface area contributed by atoms with E-state index in [0.29, 0.717) is 19.6 Å². The van der Waals surface area contributed by atoms with E-state index in [9.17, 15) is 9.59 Å². The van der Waals surface area contributed by atoms with Crippen molar-refractivity contribution in [2.24, 2.45) is 5.41 Å². The third-order valence-electron chi connectivity index (χ3n) is 7.69. The van der Waals surface area contributed by atoms with E-state index in [1.807, 2.05) is 32.6 Å². The highest BCUT2D eigenvalue weighted by atomic mass is 16.5. The second kappa shape index (κ2) is 10.6. The number of ether oxygens (including phenoxy) is 2. The number of benzene rings is 2. The van der Waals surface area contributed by atoms with Gasteiger partial charge in [0.05, 0.1) is 13.2 Å². The van der Waals surface area contributed by atoms with Crippen LogP contribution in [-0.2, 0) is 26.3 Å². The van der Waals surface area contributed by atoms with Crippen molar-refractivity contribution in [2.75, 3.05) is 20.3 Å². The van der Waals surface area contributed by atoms with Gasteiger partial charge >= 0.3 is 6.09 Å². The average molecular weight is 493 g/mol. The summed E-state index contributed by atoms with van der Waals surface area (Å²) in [6, 6.07) is 16.4. The van der Waals surface area contributed by atoms with Crippen LogP contribution in [0.15, 0.2) is 48.5 Å². The zero-order valence-electron chi connectivity index (χ0n) is 22.3. The Kier molecular flexibility index (Phi) is 7.74. The lowest BCUT2D eigenvalue weighted by Gasteiger charge is -2.35. The van der Waals surface area contributed by atoms with E-state index in [0.717, 1.165) is 31.2 Å². The Morgan fingerprint density at radius 2 is 1.75 bits per heavy atom. The van der Waals surface area contributed by atoms with Gasteiger partial charge in [-0.15, -0.1) is 0 Å². The Hall–Kier alpha value is -2.86. The van der Waals surface area contributed by atoms with Crippen LogP contribution >= 0.6 is 0 Å². The quantitative estimate of drug-likeness (QED) is 0.556. The Morgan fingerprint density at radius 1 is 1.03 bits per heavy atom. The number of carbonyl (C=O) groups is 2. The minimum absolute atomic E-state index is 0.0360. The van der Waals surface area contributed by atoms with E-state index in [4.69, 9.17) is 9.47 Å². The molecule has 0 saturated carbocycles. The van der Waals surface area contributed by atoms with Gasteiger partial charge in [0.2, 0.25) is 5.91 Å². The molecule has 1 saturated heterocycles. The van der Waals surface area contributed by atoms with Gasteiger partial charge in [0.25, 0.3) is 0 Å². The van der Waals surface area contributed by atoms with Gasteiger partial charge in [-0.25, -0.2) is 4.79 Å². The summed E-state index contributed by atoms with van der Waals surface area (Å²) in [5.41, 5.74) is 3.74. The van der Waals surface area contributed by atoms with Crippen LogP contribution in [0.5, 0.6) is 0 Å². The molecular weight excluding hydrogens is 452 g/mol. The third kappa shape index (κ3) is 5.44. The topological polar surface area (TPSA) is 67.9 Å². The number of amides is 2. The van der Waals surface area contributed by atoms with E-state index in [-0.39, 0.29) is 11.9 Å². The first-order valence-electron chi connectivity index (χ1n) is 13.1. The van der Waals surface area contributed by atoms with Crippen LogP contribution in [-0.4, -0.2) is 49.2 Å². The van der Waals surface area contributed by atoms with E-state index in [2.05, 4.69) is 53.8 Å². The molecule has 2 aromatic rings. The largest absolute Gasteiger partial charge is 0.450 e. The molecule has 0 aliphatic carbocycles. The molecule has 3 atom stereocenters. The molecule has 0 radical (unpaired) electrons. The van der Waals surface area contributed by atoms with E-state index >= 15 is 0 Å². The zero-order chi connectivity index (χ0) is 25.9. The Bertz CT molecular complexity index is 1080. The molecular formula is C30H40N2O4. The van der Waals surface area contributed by atoms with Gasteiger partial charge in [0, 0.05) is 19.6 Å². The number of fused-ring (bicyclic) bond motifs is 11. The number of hydrogen-bond acceptors (Lipinski definition) is 4. The highest BCUT2D eigenvalue weighted by Crippen LogP contribution is 2.40. The van der Waals surface area contributed by atoms with Crippen LogP contribution in [0.2, 0.25) is 0 Å². The van der Waals surface area contributed by atoms with E-state index < -0.39 is 23.2 Å². The zero-order valence-corrected chi connectivity index (χ0v) is 22.3. The van der Waals surface area contributed by atoms with Gasteiger partial charge < -0.3 is 19.7 Å². The number of nitrogens with zero attached hydrogens (tertiary/aromatic N) is 1. The van der Waals surface area contributed by atoms with Gasteiger partial charge in [0.1, 0.15) is 11.6 Å². The molecule has 6 heteroatoms. The average Bonchev–Trinajstić information content (AvgIpc) is 3.21. The minimum Gasteiger partial charge on any atom is -0.450 e. The van der Waals surface area contributed by atoms with E-state index in [1.165, 1.54) is 16.7 Å². The van der Waals surface area contributed by atoms with Crippen LogP contribution in [0.4, 0.5) is 4.79 Å². The third-order valence-corrected chi connectivity index (χ3v) is 7.69. The van der Waals surface area contributed by atoms with Gasteiger partial charge in [-0.2, -0.15) is 0 Å². The molecule has 0 aromatic heterocycles. The van der Waals surface area contributed by atoms with Crippen molar-refractivity contribution in [3.8, 4) is 11.1 Å². The van der Waals surface area contributed by atoms with Crippen LogP contribution in [0.1, 0.15) is 64.5 Å². The summed E-state index contributed by atoms with van der Waals surface area (Å²) >= 11 is 0. The number of methoxy groups -OCH3 is 1. The highest BCUT2D eigenvalue weighted by molar-refractivity contribution is 5.87. The van der Waals surface area contributed by atoms with Gasteiger partial charge in [-0.3, -0.25) is 4.79 Å². The van der Waals surface area contributed by atoms with E-state index in [1.54, 1.807) is 7.11 Å². The fourth-order valence-electron chi connectivity index (χ4n) is 5.56. The van der Waals surface area contributed by atoms with Crippen LogP contribution in [0.3, 0.4) is 0 Å². The van der Waals surface area contributed by atoms with Crippen LogP contribution in [0, 0.1) is 5.41 Å². The summed E-state index contributed by atoms with van der Waals surface area (Å²) < 4.78 is 11.6. The van der Waals surface area contributed by atoms with Crippen molar-refractivity contribution in [1.82, 2.24) is 10.2 Å². The summed E-state index contributed by atoms with van der Waals surface area (Å²) in [6.07, 6.45) is 3.89.